The van der Waals surface area contributed by atoms with Gasteiger partial charge >= 0.3 is 0 Å². The van der Waals surface area contributed by atoms with Crippen LogP contribution in [0.1, 0.15) is 39.9 Å². The van der Waals surface area contributed by atoms with Gasteiger partial charge in [0.25, 0.3) is 0 Å². The van der Waals surface area contributed by atoms with E-state index in [0.29, 0.717) is 12.6 Å². The topological polar surface area (TPSA) is 78.7 Å². The molecule has 1 atom stereocenters. The van der Waals surface area contributed by atoms with Crippen molar-refractivity contribution in [2.75, 3.05) is 32.7 Å². The van der Waals surface area contributed by atoms with Crippen LogP contribution >= 0.6 is 24.0 Å². The molecular formula is C17H32IN7O. The first kappa shape index (κ1) is 22.7. The maximum Gasteiger partial charge on any atom is 0.219 e. The molecule has 2 heterocycles. The second-order valence-electron chi connectivity index (χ2n) is 6.45. The van der Waals surface area contributed by atoms with Crippen LogP contribution in [0.25, 0.3) is 0 Å². The normalized spacial score (nSPS) is 16.2. The highest BCUT2D eigenvalue weighted by molar-refractivity contribution is 14.0. The summed E-state index contributed by atoms with van der Waals surface area (Å²) in [6, 6.07) is 0.366. The van der Waals surface area contributed by atoms with E-state index in [1.165, 1.54) is 0 Å². The lowest BCUT2D eigenvalue weighted by molar-refractivity contribution is -0.130. The van der Waals surface area contributed by atoms with E-state index in [0.717, 1.165) is 57.3 Å². The minimum Gasteiger partial charge on any atom is -0.354 e. The van der Waals surface area contributed by atoms with Gasteiger partial charge in [0.15, 0.2) is 5.96 Å². The van der Waals surface area contributed by atoms with E-state index < -0.39 is 0 Å². The van der Waals surface area contributed by atoms with Gasteiger partial charge in [-0.15, -0.1) is 34.2 Å². The first-order chi connectivity index (χ1) is 12.0. The van der Waals surface area contributed by atoms with Gasteiger partial charge in [0.2, 0.25) is 5.91 Å². The van der Waals surface area contributed by atoms with Crippen LogP contribution in [-0.2, 0) is 17.8 Å². The summed E-state index contributed by atoms with van der Waals surface area (Å²) in [7, 11) is 0. The molecule has 0 aliphatic carbocycles. The van der Waals surface area contributed by atoms with Crippen LogP contribution in [0.5, 0.6) is 0 Å². The Morgan fingerprint density at radius 1 is 1.27 bits per heavy atom. The quantitative estimate of drug-likeness (QED) is 0.381. The molecule has 26 heavy (non-hydrogen) atoms. The van der Waals surface area contributed by atoms with Gasteiger partial charge in [0, 0.05) is 52.1 Å². The number of aliphatic imine (C=N–C) groups is 1. The Labute approximate surface area is 173 Å². The fourth-order valence-corrected chi connectivity index (χ4v) is 2.80. The monoisotopic (exact) mass is 477 g/mol. The number of carbonyl (C=O) groups is 1. The highest BCUT2D eigenvalue weighted by Gasteiger charge is 2.21. The van der Waals surface area contributed by atoms with Crippen LogP contribution in [0.2, 0.25) is 0 Å². The number of guanidine groups is 1. The molecule has 2 rings (SSSR count). The van der Waals surface area contributed by atoms with Crippen molar-refractivity contribution < 1.29 is 4.79 Å². The van der Waals surface area contributed by atoms with Crippen molar-refractivity contribution in [1.29, 1.82) is 0 Å². The Morgan fingerprint density at radius 2 is 1.92 bits per heavy atom. The van der Waals surface area contributed by atoms with Crippen molar-refractivity contribution in [3.05, 3.63) is 12.2 Å². The van der Waals surface area contributed by atoms with Gasteiger partial charge < -0.3 is 19.7 Å². The van der Waals surface area contributed by atoms with Gasteiger partial charge in [0.1, 0.15) is 12.2 Å². The fourth-order valence-electron chi connectivity index (χ4n) is 2.80. The molecule has 1 N–H and O–H groups in total. The highest BCUT2D eigenvalue weighted by Crippen LogP contribution is 2.04. The molecule has 0 radical (unpaired) electrons. The van der Waals surface area contributed by atoms with E-state index in [1.807, 2.05) is 4.90 Å². The van der Waals surface area contributed by atoms with E-state index in [1.54, 1.807) is 13.3 Å². The second-order valence-corrected chi connectivity index (χ2v) is 6.45. The molecule has 0 bridgehead atoms. The fraction of sp³-hybridized carbons (Fsp3) is 0.765. The molecule has 0 aromatic carbocycles. The summed E-state index contributed by atoms with van der Waals surface area (Å²) in [4.78, 5) is 20.5. The molecule has 1 aromatic rings. The third kappa shape index (κ3) is 6.40. The van der Waals surface area contributed by atoms with Crippen molar-refractivity contribution >= 4 is 35.8 Å². The molecule has 1 fully saturated rings. The molecule has 0 saturated carbocycles. The van der Waals surface area contributed by atoms with E-state index in [-0.39, 0.29) is 29.9 Å². The minimum absolute atomic E-state index is 0. The Balaban J connectivity index is 0.00000338. The van der Waals surface area contributed by atoms with Crippen LogP contribution in [0.4, 0.5) is 0 Å². The maximum absolute atomic E-state index is 11.5. The predicted molar refractivity (Wildman–Crippen MR) is 114 cm³/mol. The maximum atomic E-state index is 11.5. The van der Waals surface area contributed by atoms with Crippen molar-refractivity contribution in [2.45, 2.75) is 53.1 Å². The van der Waals surface area contributed by atoms with Crippen molar-refractivity contribution in [3.63, 3.8) is 0 Å². The molecular weight excluding hydrogens is 445 g/mol. The molecule has 9 heteroatoms. The molecule has 1 aliphatic rings. The standard InChI is InChI=1S/C17H31N7O.HI/c1-5-14(3)20-17(23-11-9-22(10-12-23)15(4)25)18-7-8-24-13-19-21-16(24)6-2;/h13-14H,5-12H2,1-4H3,(H,18,20);1H. The molecule has 1 aliphatic heterocycles. The van der Waals surface area contributed by atoms with Gasteiger partial charge in [-0.3, -0.25) is 9.79 Å². The third-order valence-electron chi connectivity index (χ3n) is 4.63. The van der Waals surface area contributed by atoms with Crippen LogP contribution in [0, 0.1) is 0 Å². The SMILES string of the molecule is CCc1nncn1CCN=C(NC(C)CC)N1CCN(C(C)=O)CC1.I. The molecule has 8 nitrogen and oxygen atoms in total. The largest absolute Gasteiger partial charge is 0.354 e. The number of nitrogens with zero attached hydrogens (tertiary/aromatic N) is 6. The van der Waals surface area contributed by atoms with Crippen LogP contribution in [0.3, 0.4) is 0 Å². The van der Waals surface area contributed by atoms with Crippen LogP contribution in [-0.4, -0.2) is 75.2 Å². The predicted octanol–water partition coefficient (Wildman–Crippen LogP) is 1.37. The number of hydrogen-bond donors (Lipinski definition) is 1. The van der Waals surface area contributed by atoms with Crippen LogP contribution < -0.4 is 5.32 Å². The molecule has 0 spiro atoms. The Bertz CT molecular complexity index is 581. The van der Waals surface area contributed by atoms with Gasteiger partial charge in [-0.05, 0) is 13.3 Å². The third-order valence-corrected chi connectivity index (χ3v) is 4.63. The zero-order chi connectivity index (χ0) is 18.2. The summed E-state index contributed by atoms with van der Waals surface area (Å²) in [6.45, 7) is 12.6. The second kappa shape index (κ2) is 11.3. The molecule has 1 unspecified atom stereocenters. The average molecular weight is 477 g/mol. The zero-order valence-electron chi connectivity index (χ0n) is 16.3. The first-order valence-corrected chi connectivity index (χ1v) is 9.23. The number of piperazine rings is 1. The number of rotatable bonds is 6. The first-order valence-electron chi connectivity index (χ1n) is 9.23. The number of amides is 1. The zero-order valence-corrected chi connectivity index (χ0v) is 18.6. The lowest BCUT2D eigenvalue weighted by Gasteiger charge is -2.37. The summed E-state index contributed by atoms with van der Waals surface area (Å²) in [5, 5.41) is 11.6. The minimum atomic E-state index is 0. The van der Waals surface area contributed by atoms with E-state index in [9.17, 15) is 4.79 Å². The number of aryl methyl sites for hydroxylation is 1. The number of hydrogen-bond acceptors (Lipinski definition) is 4. The Kier molecular flexibility index (Phi) is 9.89. The van der Waals surface area contributed by atoms with Gasteiger partial charge in [-0.25, -0.2) is 0 Å². The summed E-state index contributed by atoms with van der Waals surface area (Å²) in [6.07, 6.45) is 3.67. The Hall–Kier alpha value is -1.39. The van der Waals surface area contributed by atoms with E-state index in [2.05, 4.69) is 45.8 Å². The van der Waals surface area contributed by atoms with Crippen molar-refractivity contribution in [3.8, 4) is 0 Å². The summed E-state index contributed by atoms with van der Waals surface area (Å²) >= 11 is 0. The summed E-state index contributed by atoms with van der Waals surface area (Å²) in [5.41, 5.74) is 0. The molecule has 1 aromatic heterocycles. The van der Waals surface area contributed by atoms with E-state index in [4.69, 9.17) is 4.99 Å². The van der Waals surface area contributed by atoms with Crippen molar-refractivity contribution in [1.82, 2.24) is 29.9 Å². The summed E-state index contributed by atoms with van der Waals surface area (Å²) < 4.78 is 2.05. The number of nitrogens with one attached hydrogen (secondary N) is 1. The average Bonchev–Trinajstić information content (AvgIpc) is 3.08. The number of aromatic nitrogens is 3. The van der Waals surface area contributed by atoms with Crippen LogP contribution in [0.15, 0.2) is 11.3 Å². The van der Waals surface area contributed by atoms with Crippen molar-refractivity contribution in [2.24, 2.45) is 4.99 Å². The highest BCUT2D eigenvalue weighted by atomic mass is 127. The van der Waals surface area contributed by atoms with Gasteiger partial charge in [0.05, 0.1) is 6.54 Å². The smallest absolute Gasteiger partial charge is 0.219 e. The molecule has 148 valence electrons. The molecule has 1 saturated heterocycles. The lowest BCUT2D eigenvalue weighted by atomic mass is 10.2. The molecule has 1 amide bonds. The number of halogens is 1. The Morgan fingerprint density at radius 3 is 2.50 bits per heavy atom. The van der Waals surface area contributed by atoms with Gasteiger partial charge in [-0.1, -0.05) is 13.8 Å². The summed E-state index contributed by atoms with van der Waals surface area (Å²) in [5.74, 6) is 2.07. The lowest BCUT2D eigenvalue weighted by Crippen LogP contribution is -2.54. The van der Waals surface area contributed by atoms with Gasteiger partial charge in [-0.2, -0.15) is 0 Å². The van der Waals surface area contributed by atoms with E-state index >= 15 is 0 Å². The number of carbonyl (C=O) groups excluding carboxylic acids is 1.